The van der Waals surface area contributed by atoms with Crippen molar-refractivity contribution in [2.45, 2.75) is 18.8 Å². The molecule has 15 heavy (non-hydrogen) atoms. The smallest absolute Gasteiger partial charge is 0.0597 e. The van der Waals surface area contributed by atoms with Crippen LogP contribution < -0.4 is 4.90 Å². The van der Waals surface area contributed by atoms with E-state index in [1.807, 2.05) is 24.0 Å². The Morgan fingerprint density at radius 1 is 1.60 bits per heavy atom. The second kappa shape index (κ2) is 6.23. The maximum absolute atomic E-state index is 5.90. The molecule has 1 rings (SSSR count). The lowest BCUT2D eigenvalue weighted by molar-refractivity contribution is 0.760. The first-order chi connectivity index (χ1) is 7.20. The van der Waals surface area contributed by atoms with Crippen molar-refractivity contribution >= 4 is 29.1 Å². The Balaban J connectivity index is 2.84. The fourth-order valence-electron chi connectivity index (χ4n) is 1.44. The normalized spacial score (nSPS) is 12.5. The van der Waals surface area contributed by atoms with Crippen LogP contribution in [0.2, 0.25) is 0 Å². The average Bonchev–Trinajstić information content (AvgIpc) is 2.28. The Morgan fingerprint density at radius 2 is 2.33 bits per heavy atom. The van der Waals surface area contributed by atoms with Gasteiger partial charge in [-0.3, -0.25) is 4.98 Å². The molecule has 1 aromatic heterocycles. The van der Waals surface area contributed by atoms with Crippen LogP contribution in [-0.2, 0) is 5.88 Å². The molecular formula is C11H17ClN2S. The minimum atomic E-state index is 0.492. The molecule has 0 saturated carbocycles. The molecule has 84 valence electrons. The highest BCUT2D eigenvalue weighted by Crippen LogP contribution is 2.22. The molecule has 0 aromatic carbocycles. The predicted molar refractivity (Wildman–Crippen MR) is 70.0 cm³/mol. The monoisotopic (exact) mass is 244 g/mol. The first-order valence-corrected chi connectivity index (χ1v) is 6.84. The van der Waals surface area contributed by atoms with Crippen LogP contribution in [0, 0.1) is 0 Å². The van der Waals surface area contributed by atoms with Gasteiger partial charge in [-0.15, -0.1) is 11.6 Å². The van der Waals surface area contributed by atoms with E-state index >= 15 is 0 Å². The fraction of sp³-hybridized carbons (Fsp3) is 0.545. The maximum Gasteiger partial charge on any atom is 0.0597 e. The molecular weight excluding hydrogens is 228 g/mol. The molecule has 0 N–H and O–H groups in total. The molecule has 0 aliphatic heterocycles. The van der Waals surface area contributed by atoms with Crippen molar-refractivity contribution in [3.63, 3.8) is 0 Å². The van der Waals surface area contributed by atoms with Crippen molar-refractivity contribution in [2.75, 3.05) is 24.0 Å². The molecule has 1 unspecified atom stereocenters. The van der Waals surface area contributed by atoms with Gasteiger partial charge in [-0.05, 0) is 24.8 Å². The van der Waals surface area contributed by atoms with Crippen LogP contribution in [-0.4, -0.2) is 30.1 Å². The molecule has 0 radical (unpaired) electrons. The van der Waals surface area contributed by atoms with Crippen molar-refractivity contribution in [3.8, 4) is 0 Å². The van der Waals surface area contributed by atoms with Gasteiger partial charge in [-0.25, -0.2) is 0 Å². The molecule has 2 nitrogen and oxygen atoms in total. The number of halogens is 1. The summed E-state index contributed by atoms with van der Waals surface area (Å²) in [6.45, 7) is 2.21. The molecule has 1 heterocycles. The van der Waals surface area contributed by atoms with Gasteiger partial charge in [0.1, 0.15) is 0 Å². The van der Waals surface area contributed by atoms with E-state index in [0.717, 1.165) is 17.0 Å². The second-order valence-corrected chi connectivity index (χ2v) is 4.73. The highest BCUT2D eigenvalue weighted by Gasteiger charge is 2.12. The number of hydrogen-bond donors (Lipinski definition) is 0. The van der Waals surface area contributed by atoms with E-state index in [1.165, 1.54) is 0 Å². The highest BCUT2D eigenvalue weighted by molar-refractivity contribution is 7.98. The fourth-order valence-corrected chi connectivity index (χ4v) is 2.37. The summed E-state index contributed by atoms with van der Waals surface area (Å²) in [5, 5.41) is 0. The lowest BCUT2D eigenvalue weighted by atomic mass is 10.2. The van der Waals surface area contributed by atoms with Gasteiger partial charge in [-0.2, -0.15) is 11.8 Å². The zero-order chi connectivity index (χ0) is 11.3. The maximum atomic E-state index is 5.90. The van der Waals surface area contributed by atoms with E-state index in [-0.39, 0.29) is 0 Å². The summed E-state index contributed by atoms with van der Waals surface area (Å²) < 4.78 is 0. The number of alkyl halides is 1. The van der Waals surface area contributed by atoms with Gasteiger partial charge < -0.3 is 4.90 Å². The van der Waals surface area contributed by atoms with Gasteiger partial charge in [0.05, 0.1) is 11.9 Å². The van der Waals surface area contributed by atoms with Crippen LogP contribution in [0.25, 0.3) is 0 Å². The minimum absolute atomic E-state index is 0.492. The predicted octanol–water partition coefficient (Wildman–Crippen LogP) is 3.01. The lowest BCUT2D eigenvalue weighted by Crippen LogP contribution is -2.31. The van der Waals surface area contributed by atoms with E-state index in [0.29, 0.717) is 11.9 Å². The van der Waals surface area contributed by atoms with E-state index in [4.69, 9.17) is 11.6 Å². The second-order valence-electron chi connectivity index (χ2n) is 3.55. The third-order valence-corrected chi connectivity index (χ3v) is 3.58. The summed E-state index contributed by atoms with van der Waals surface area (Å²) in [5.74, 6) is 1.64. The zero-order valence-electron chi connectivity index (χ0n) is 9.40. The largest absolute Gasteiger partial charge is 0.370 e. The molecule has 0 spiro atoms. The molecule has 0 fully saturated rings. The summed E-state index contributed by atoms with van der Waals surface area (Å²) in [6.07, 6.45) is 5.79. The first kappa shape index (κ1) is 12.7. The van der Waals surface area contributed by atoms with Crippen LogP contribution in [0.3, 0.4) is 0 Å². The van der Waals surface area contributed by atoms with Crippen LogP contribution in [0.1, 0.15) is 12.5 Å². The highest BCUT2D eigenvalue weighted by atomic mass is 35.5. The van der Waals surface area contributed by atoms with Gasteiger partial charge in [0.2, 0.25) is 0 Å². The first-order valence-electron chi connectivity index (χ1n) is 4.91. The third kappa shape index (κ3) is 3.28. The van der Waals surface area contributed by atoms with Crippen molar-refractivity contribution < 1.29 is 0 Å². The van der Waals surface area contributed by atoms with Crippen LogP contribution in [0.4, 0.5) is 5.69 Å². The third-order valence-electron chi connectivity index (χ3n) is 2.48. The number of aromatic nitrogens is 1. The molecule has 1 atom stereocenters. The zero-order valence-corrected chi connectivity index (χ0v) is 11.0. The van der Waals surface area contributed by atoms with Crippen LogP contribution in [0.15, 0.2) is 18.5 Å². The van der Waals surface area contributed by atoms with Gasteiger partial charge in [0.25, 0.3) is 0 Å². The topological polar surface area (TPSA) is 16.1 Å². The summed E-state index contributed by atoms with van der Waals surface area (Å²) in [6, 6.07) is 2.47. The Bertz CT molecular complexity index is 306. The van der Waals surface area contributed by atoms with Gasteiger partial charge in [-0.1, -0.05) is 0 Å². The summed E-state index contributed by atoms with van der Waals surface area (Å²) >= 11 is 7.75. The van der Waals surface area contributed by atoms with E-state index in [1.54, 1.807) is 6.20 Å². The van der Waals surface area contributed by atoms with Gasteiger partial charge in [0, 0.05) is 30.9 Å². The average molecular weight is 245 g/mol. The van der Waals surface area contributed by atoms with Crippen molar-refractivity contribution in [1.29, 1.82) is 0 Å². The van der Waals surface area contributed by atoms with Crippen LogP contribution >= 0.6 is 23.4 Å². The number of nitrogens with zero attached hydrogens (tertiary/aromatic N) is 2. The Labute approximate surface area is 101 Å². The summed E-state index contributed by atoms with van der Waals surface area (Å²) in [7, 11) is 2.09. The quantitative estimate of drug-likeness (QED) is 0.741. The minimum Gasteiger partial charge on any atom is -0.370 e. The Hall–Kier alpha value is -0.410. The Kier molecular flexibility index (Phi) is 5.26. The standard InChI is InChI=1S/C11H17ClN2S/c1-9(8-15-3)14(2)11-7-13-5-4-10(11)6-12/h4-5,7,9H,6,8H2,1-3H3. The number of thioether (sulfide) groups is 1. The Morgan fingerprint density at radius 3 is 2.93 bits per heavy atom. The van der Waals surface area contributed by atoms with Crippen molar-refractivity contribution in [1.82, 2.24) is 4.98 Å². The van der Waals surface area contributed by atoms with Gasteiger partial charge in [0.15, 0.2) is 0 Å². The van der Waals surface area contributed by atoms with Crippen molar-refractivity contribution in [3.05, 3.63) is 24.0 Å². The molecule has 0 saturated heterocycles. The van der Waals surface area contributed by atoms with Crippen molar-refractivity contribution in [2.24, 2.45) is 0 Å². The molecule has 0 bridgehead atoms. The number of hydrogen-bond acceptors (Lipinski definition) is 3. The molecule has 0 aliphatic carbocycles. The molecule has 4 heteroatoms. The van der Waals surface area contributed by atoms with E-state index < -0.39 is 0 Å². The number of pyridine rings is 1. The van der Waals surface area contributed by atoms with Crippen LogP contribution in [0.5, 0.6) is 0 Å². The van der Waals surface area contributed by atoms with E-state index in [9.17, 15) is 0 Å². The SMILES string of the molecule is CSCC(C)N(C)c1cnccc1CCl. The molecule has 0 aliphatic rings. The molecule has 0 amide bonds. The lowest BCUT2D eigenvalue weighted by Gasteiger charge is -2.27. The van der Waals surface area contributed by atoms with Gasteiger partial charge >= 0.3 is 0 Å². The molecule has 1 aromatic rings. The van der Waals surface area contributed by atoms with E-state index in [2.05, 4.69) is 30.1 Å². The number of anilines is 1. The number of rotatable bonds is 5. The summed E-state index contributed by atoms with van der Waals surface area (Å²) in [5.41, 5.74) is 2.27. The summed E-state index contributed by atoms with van der Waals surface area (Å²) in [4.78, 5) is 6.39.